The first-order valence-electron chi connectivity index (χ1n) is 6.38. The van der Waals surface area contributed by atoms with Crippen LogP contribution in [0.3, 0.4) is 0 Å². The zero-order chi connectivity index (χ0) is 11.9. The van der Waals surface area contributed by atoms with Crippen molar-refractivity contribution in [3.63, 3.8) is 0 Å². The van der Waals surface area contributed by atoms with Crippen LogP contribution in [0.25, 0.3) is 0 Å². The Hall–Kier alpha value is -1.34. The van der Waals surface area contributed by atoms with Gasteiger partial charge in [-0.2, -0.15) is 0 Å². The molecule has 0 saturated heterocycles. The maximum Gasteiger partial charge on any atom is 0.0473 e. The van der Waals surface area contributed by atoms with E-state index in [1.54, 1.807) is 5.57 Å². The molecule has 88 valence electrons. The zero-order valence-electron chi connectivity index (χ0n) is 10.5. The van der Waals surface area contributed by atoms with Crippen molar-refractivity contribution in [2.45, 2.75) is 32.4 Å². The van der Waals surface area contributed by atoms with E-state index in [0.717, 1.165) is 6.54 Å². The lowest BCUT2D eigenvalue weighted by molar-refractivity contribution is 0.220. The van der Waals surface area contributed by atoms with Crippen LogP contribution in [0.4, 0.5) is 0 Å². The molecule has 4 rings (SSSR count). The summed E-state index contributed by atoms with van der Waals surface area (Å²) >= 11 is 0. The van der Waals surface area contributed by atoms with Gasteiger partial charge in [0.15, 0.2) is 0 Å². The Morgan fingerprint density at radius 3 is 2.76 bits per heavy atom. The van der Waals surface area contributed by atoms with Crippen molar-refractivity contribution in [1.82, 2.24) is 5.32 Å². The maximum atomic E-state index is 3.74. The fourth-order valence-corrected chi connectivity index (χ4v) is 3.07. The van der Waals surface area contributed by atoms with Crippen LogP contribution < -0.4 is 5.32 Å². The highest BCUT2D eigenvalue weighted by atomic mass is 15.0. The summed E-state index contributed by atoms with van der Waals surface area (Å²) in [6.45, 7) is 5.49. The zero-order valence-corrected chi connectivity index (χ0v) is 10.5. The molecule has 1 N–H and O–H groups in total. The lowest BCUT2D eigenvalue weighted by atomic mass is 9.60. The third kappa shape index (κ3) is 1.75. The summed E-state index contributed by atoms with van der Waals surface area (Å²) in [6, 6.07) is 10.6. The Morgan fingerprint density at radius 2 is 2.06 bits per heavy atom. The van der Waals surface area contributed by atoms with Crippen LogP contribution in [-0.4, -0.2) is 5.54 Å². The largest absolute Gasteiger partial charge is 0.303 e. The van der Waals surface area contributed by atoms with Crippen molar-refractivity contribution >= 4 is 0 Å². The second kappa shape index (κ2) is 3.85. The lowest BCUT2D eigenvalue weighted by Gasteiger charge is -2.52. The van der Waals surface area contributed by atoms with Gasteiger partial charge in [-0.1, -0.05) is 60.6 Å². The van der Waals surface area contributed by atoms with Gasteiger partial charge in [-0.3, -0.25) is 0 Å². The van der Waals surface area contributed by atoms with Crippen molar-refractivity contribution in [1.29, 1.82) is 0 Å². The molecular formula is C16H19N. The average molecular weight is 225 g/mol. The molecule has 2 unspecified atom stereocenters. The Morgan fingerprint density at radius 1 is 1.29 bits per heavy atom. The Bertz CT molecular complexity index is 484. The minimum absolute atomic E-state index is 0.226. The van der Waals surface area contributed by atoms with E-state index in [9.17, 15) is 0 Å². The molecule has 0 amide bonds. The summed E-state index contributed by atoms with van der Waals surface area (Å²) in [5.41, 5.74) is 4.60. The molecular weight excluding hydrogens is 206 g/mol. The molecule has 0 radical (unpaired) electrons. The van der Waals surface area contributed by atoms with Crippen LogP contribution in [0.5, 0.6) is 0 Å². The van der Waals surface area contributed by atoms with Crippen molar-refractivity contribution in [2.24, 2.45) is 5.92 Å². The van der Waals surface area contributed by atoms with E-state index < -0.39 is 0 Å². The third-order valence-corrected chi connectivity index (χ3v) is 4.19. The summed E-state index contributed by atoms with van der Waals surface area (Å²) in [6.07, 6.45) is 5.95. The predicted molar refractivity (Wildman–Crippen MR) is 71.6 cm³/mol. The van der Waals surface area contributed by atoms with Crippen LogP contribution in [0.1, 0.15) is 25.8 Å². The van der Waals surface area contributed by atoms with Gasteiger partial charge in [0.05, 0.1) is 0 Å². The first kappa shape index (κ1) is 10.8. The maximum absolute atomic E-state index is 3.74. The molecule has 0 aliphatic heterocycles. The topological polar surface area (TPSA) is 12.0 Å². The van der Waals surface area contributed by atoms with Crippen LogP contribution in [-0.2, 0) is 6.54 Å². The second-order valence-corrected chi connectivity index (χ2v) is 5.39. The van der Waals surface area contributed by atoms with E-state index >= 15 is 0 Å². The Kier molecular flexibility index (Phi) is 2.44. The summed E-state index contributed by atoms with van der Waals surface area (Å²) in [5, 5.41) is 3.74. The fourth-order valence-electron chi connectivity index (χ4n) is 3.07. The van der Waals surface area contributed by atoms with E-state index in [0.29, 0.717) is 5.92 Å². The van der Waals surface area contributed by atoms with Gasteiger partial charge in [-0.25, -0.2) is 0 Å². The third-order valence-electron chi connectivity index (χ3n) is 4.19. The highest BCUT2D eigenvalue weighted by molar-refractivity contribution is 5.45. The van der Waals surface area contributed by atoms with Crippen LogP contribution in [0.15, 0.2) is 53.6 Å². The summed E-state index contributed by atoms with van der Waals surface area (Å²) in [5.74, 6) is 0.662. The molecule has 1 aromatic rings. The minimum atomic E-state index is 0.226. The van der Waals surface area contributed by atoms with E-state index in [1.165, 1.54) is 17.6 Å². The highest BCUT2D eigenvalue weighted by Crippen LogP contribution is 2.48. The van der Waals surface area contributed by atoms with Crippen molar-refractivity contribution in [3.8, 4) is 0 Å². The SMILES string of the molecule is CC1=CC2(NCc3ccccc3)CC(=C1)C2C. The van der Waals surface area contributed by atoms with E-state index in [4.69, 9.17) is 0 Å². The normalized spacial score (nSPS) is 30.4. The molecule has 17 heavy (non-hydrogen) atoms. The minimum Gasteiger partial charge on any atom is -0.303 e. The summed E-state index contributed by atoms with van der Waals surface area (Å²) in [4.78, 5) is 0. The molecule has 3 aliphatic rings. The number of fused-ring (bicyclic) bond motifs is 1. The molecule has 1 saturated carbocycles. The fraction of sp³-hybridized carbons (Fsp3) is 0.375. The lowest BCUT2D eigenvalue weighted by Crippen LogP contribution is -2.58. The molecule has 0 spiro atoms. The standard InChI is InChI=1S/C16H19N/c1-12-8-15-10-16(9-12,13(15)2)17-11-14-6-4-3-5-7-14/h3-9,13,17H,10-11H2,1-2H3. The van der Waals surface area contributed by atoms with Crippen LogP contribution in [0.2, 0.25) is 0 Å². The molecule has 0 aromatic heterocycles. The van der Waals surface area contributed by atoms with Crippen molar-refractivity contribution in [2.75, 3.05) is 0 Å². The second-order valence-electron chi connectivity index (χ2n) is 5.39. The van der Waals surface area contributed by atoms with E-state index in [2.05, 4.69) is 61.6 Å². The van der Waals surface area contributed by atoms with Gasteiger partial charge in [0.1, 0.15) is 0 Å². The van der Waals surface area contributed by atoms with Gasteiger partial charge in [-0.05, 0) is 24.8 Å². The number of benzene rings is 1. The summed E-state index contributed by atoms with van der Waals surface area (Å²) < 4.78 is 0. The van der Waals surface area contributed by atoms with Gasteiger partial charge in [0, 0.05) is 12.1 Å². The monoisotopic (exact) mass is 225 g/mol. The molecule has 2 bridgehead atoms. The molecule has 1 heteroatoms. The molecule has 2 atom stereocenters. The quantitative estimate of drug-likeness (QED) is 0.831. The summed E-state index contributed by atoms with van der Waals surface area (Å²) in [7, 11) is 0. The molecule has 1 nitrogen and oxygen atoms in total. The smallest absolute Gasteiger partial charge is 0.0473 e. The van der Waals surface area contributed by atoms with Crippen LogP contribution >= 0.6 is 0 Å². The molecule has 1 aromatic carbocycles. The first-order chi connectivity index (χ1) is 8.20. The van der Waals surface area contributed by atoms with Gasteiger partial charge in [0.25, 0.3) is 0 Å². The number of hydrogen-bond donors (Lipinski definition) is 1. The van der Waals surface area contributed by atoms with Gasteiger partial charge in [0.2, 0.25) is 0 Å². The van der Waals surface area contributed by atoms with E-state index in [1.807, 2.05) is 0 Å². The van der Waals surface area contributed by atoms with Crippen molar-refractivity contribution < 1.29 is 0 Å². The Balaban J connectivity index is 1.72. The van der Waals surface area contributed by atoms with Gasteiger partial charge < -0.3 is 5.32 Å². The molecule has 3 aliphatic carbocycles. The highest BCUT2D eigenvalue weighted by Gasteiger charge is 2.47. The van der Waals surface area contributed by atoms with E-state index in [-0.39, 0.29) is 5.54 Å². The number of hydrogen-bond acceptors (Lipinski definition) is 1. The van der Waals surface area contributed by atoms with Gasteiger partial charge in [-0.15, -0.1) is 0 Å². The predicted octanol–water partition coefficient (Wildman–Crippen LogP) is 3.44. The molecule has 0 heterocycles. The van der Waals surface area contributed by atoms with Gasteiger partial charge >= 0.3 is 0 Å². The Labute approximate surface area is 103 Å². The van der Waals surface area contributed by atoms with Crippen LogP contribution in [0, 0.1) is 5.92 Å². The number of nitrogens with one attached hydrogen (secondary N) is 1. The average Bonchev–Trinajstić information content (AvgIpc) is 2.36. The number of rotatable bonds is 3. The first-order valence-corrected chi connectivity index (χ1v) is 6.38. The van der Waals surface area contributed by atoms with Crippen molar-refractivity contribution in [3.05, 3.63) is 59.2 Å². The molecule has 1 fully saturated rings. The number of allylic oxidation sites excluding steroid dienone is 2.